The van der Waals surface area contributed by atoms with Gasteiger partial charge >= 0.3 is 5.69 Å². The van der Waals surface area contributed by atoms with E-state index in [1.165, 1.54) is 0 Å². The van der Waals surface area contributed by atoms with Crippen molar-refractivity contribution >= 4 is 5.69 Å². The van der Waals surface area contributed by atoms with Crippen molar-refractivity contribution in [3.8, 4) is 0 Å². The Balaban J connectivity index is 3.25. The Kier molecular flexibility index (Phi) is 5.05. The molecule has 0 aliphatic rings. The minimum Gasteiger partial charge on any atom is -0.388 e. The number of aromatic nitrogens is 2. The molecule has 0 fully saturated rings. The van der Waals surface area contributed by atoms with E-state index in [1.807, 2.05) is 27.7 Å². The molecule has 0 aromatic carbocycles. The Morgan fingerprint density at radius 3 is 2.21 bits per heavy atom. The minimum absolute atomic E-state index is 0.111. The molecule has 0 aliphatic heterocycles. The highest BCUT2D eigenvalue weighted by molar-refractivity contribution is 5.41. The van der Waals surface area contributed by atoms with Crippen LogP contribution in [0.15, 0.2) is 0 Å². The van der Waals surface area contributed by atoms with Crippen LogP contribution in [0.2, 0.25) is 0 Å². The predicted octanol–water partition coefficient (Wildman–Crippen LogP) is 2.47. The average molecular weight is 269 g/mol. The Morgan fingerprint density at radius 1 is 1.26 bits per heavy atom. The van der Waals surface area contributed by atoms with E-state index in [0.717, 1.165) is 0 Å². The van der Waals surface area contributed by atoms with E-state index in [9.17, 15) is 15.2 Å². The second-order valence-electron chi connectivity index (χ2n) is 4.80. The zero-order chi connectivity index (χ0) is 14.6. The molecule has 0 bridgehead atoms. The molecule has 0 unspecified atom stereocenters. The number of nitrogens with zero attached hydrogens (tertiary/aromatic N) is 3. The maximum absolute atomic E-state index is 11.2. The topological polar surface area (TPSA) is 81.2 Å². The van der Waals surface area contributed by atoms with Crippen molar-refractivity contribution in [2.45, 2.75) is 65.5 Å². The first kappa shape index (κ1) is 15.6. The summed E-state index contributed by atoms with van der Waals surface area (Å²) in [5, 5.41) is 25.9. The molecule has 6 nitrogen and oxygen atoms in total. The second kappa shape index (κ2) is 6.14. The Hall–Kier alpha value is -1.43. The molecule has 1 aromatic heterocycles. The second-order valence-corrected chi connectivity index (χ2v) is 4.80. The third-order valence-corrected chi connectivity index (χ3v) is 3.71. The van der Waals surface area contributed by atoms with Crippen molar-refractivity contribution in [2.75, 3.05) is 0 Å². The lowest BCUT2D eigenvalue weighted by Crippen LogP contribution is -2.33. The molecule has 19 heavy (non-hydrogen) atoms. The van der Waals surface area contributed by atoms with Gasteiger partial charge in [0.1, 0.15) is 11.4 Å². The average Bonchev–Trinajstić information content (AvgIpc) is 2.75. The van der Waals surface area contributed by atoms with Crippen LogP contribution in [0.3, 0.4) is 0 Å². The number of hydrogen-bond donors (Lipinski definition) is 1. The summed E-state index contributed by atoms with van der Waals surface area (Å²) in [6.45, 7) is 7.85. The van der Waals surface area contributed by atoms with Crippen LogP contribution in [-0.2, 0) is 19.4 Å². The molecule has 0 spiro atoms. The highest BCUT2D eigenvalue weighted by Gasteiger charge is 2.30. The third kappa shape index (κ3) is 3.12. The van der Waals surface area contributed by atoms with Gasteiger partial charge in [0.15, 0.2) is 0 Å². The molecule has 0 saturated heterocycles. The summed E-state index contributed by atoms with van der Waals surface area (Å²) in [5.74, 6) is 0. The molecule has 1 N–H and O–H groups in total. The van der Waals surface area contributed by atoms with E-state index in [1.54, 1.807) is 4.68 Å². The van der Waals surface area contributed by atoms with E-state index in [0.29, 0.717) is 43.6 Å². The first-order valence-corrected chi connectivity index (χ1v) is 6.87. The van der Waals surface area contributed by atoms with Crippen molar-refractivity contribution in [3.63, 3.8) is 0 Å². The van der Waals surface area contributed by atoms with Gasteiger partial charge in [-0.1, -0.05) is 27.7 Å². The van der Waals surface area contributed by atoms with Gasteiger partial charge in [0.2, 0.25) is 0 Å². The van der Waals surface area contributed by atoms with Gasteiger partial charge < -0.3 is 5.11 Å². The summed E-state index contributed by atoms with van der Waals surface area (Å²) >= 11 is 0. The maximum Gasteiger partial charge on any atom is 0.313 e. The van der Waals surface area contributed by atoms with Gasteiger partial charge in [-0.15, -0.1) is 0 Å². The van der Waals surface area contributed by atoms with Gasteiger partial charge in [-0.25, -0.2) is 0 Å². The molecule has 0 radical (unpaired) electrons. The number of rotatable bonds is 7. The Bertz CT molecular complexity index is 450. The van der Waals surface area contributed by atoms with Gasteiger partial charge in [0.05, 0.1) is 17.1 Å². The van der Waals surface area contributed by atoms with Crippen LogP contribution in [-0.4, -0.2) is 25.4 Å². The SMILES string of the molecule is CCc1nn(CC(O)(CC)CC)c(CC)c1[N+](=O)[O-]. The predicted molar refractivity (Wildman–Crippen MR) is 73.2 cm³/mol. The first-order chi connectivity index (χ1) is 8.92. The molecular weight excluding hydrogens is 246 g/mol. The number of nitro groups is 1. The standard InChI is InChI=1S/C13H23N3O3/c1-5-10-12(16(18)19)11(6-2)15(14-10)9-13(17,7-3)8-4/h17H,5-9H2,1-4H3. The van der Waals surface area contributed by atoms with E-state index in [2.05, 4.69) is 5.10 Å². The lowest BCUT2D eigenvalue weighted by molar-refractivity contribution is -0.386. The molecule has 1 aromatic rings. The van der Waals surface area contributed by atoms with Crippen LogP contribution in [0.1, 0.15) is 51.9 Å². The summed E-state index contributed by atoms with van der Waals surface area (Å²) in [7, 11) is 0. The van der Waals surface area contributed by atoms with Gasteiger partial charge in [0, 0.05) is 0 Å². The van der Waals surface area contributed by atoms with Crippen molar-refractivity contribution < 1.29 is 10.0 Å². The molecular formula is C13H23N3O3. The number of aryl methyl sites for hydroxylation is 1. The van der Waals surface area contributed by atoms with Crippen LogP contribution < -0.4 is 0 Å². The van der Waals surface area contributed by atoms with Crippen molar-refractivity contribution in [2.24, 2.45) is 0 Å². The quantitative estimate of drug-likeness (QED) is 0.609. The molecule has 0 atom stereocenters. The lowest BCUT2D eigenvalue weighted by atomic mass is 9.97. The molecule has 0 aliphatic carbocycles. The van der Waals surface area contributed by atoms with Crippen molar-refractivity contribution in [1.29, 1.82) is 0 Å². The minimum atomic E-state index is -0.852. The molecule has 6 heteroatoms. The summed E-state index contributed by atoms with van der Waals surface area (Å²) in [4.78, 5) is 10.8. The van der Waals surface area contributed by atoms with Crippen LogP contribution >= 0.6 is 0 Å². The van der Waals surface area contributed by atoms with E-state index >= 15 is 0 Å². The number of aliphatic hydroxyl groups is 1. The summed E-state index contributed by atoms with van der Waals surface area (Å²) in [6, 6.07) is 0. The highest BCUT2D eigenvalue weighted by atomic mass is 16.6. The molecule has 1 rings (SSSR count). The largest absolute Gasteiger partial charge is 0.388 e. The van der Waals surface area contributed by atoms with Gasteiger partial charge in [0.25, 0.3) is 0 Å². The van der Waals surface area contributed by atoms with Crippen LogP contribution in [0.4, 0.5) is 5.69 Å². The van der Waals surface area contributed by atoms with E-state index in [-0.39, 0.29) is 10.6 Å². The molecule has 1 heterocycles. The normalized spacial score (nSPS) is 11.8. The van der Waals surface area contributed by atoms with Crippen LogP contribution in [0.5, 0.6) is 0 Å². The fourth-order valence-electron chi connectivity index (χ4n) is 2.22. The van der Waals surface area contributed by atoms with Gasteiger partial charge in [-0.05, 0) is 25.7 Å². The third-order valence-electron chi connectivity index (χ3n) is 3.71. The molecule has 0 saturated carbocycles. The summed E-state index contributed by atoms with van der Waals surface area (Å²) < 4.78 is 1.62. The summed E-state index contributed by atoms with van der Waals surface area (Å²) in [6.07, 6.45) is 2.25. The highest BCUT2D eigenvalue weighted by Crippen LogP contribution is 2.27. The van der Waals surface area contributed by atoms with Crippen LogP contribution in [0.25, 0.3) is 0 Å². The monoisotopic (exact) mass is 269 g/mol. The Labute approximate surface area is 113 Å². The van der Waals surface area contributed by atoms with E-state index < -0.39 is 5.60 Å². The maximum atomic E-state index is 11.2. The Morgan fingerprint density at radius 2 is 1.84 bits per heavy atom. The summed E-state index contributed by atoms with van der Waals surface area (Å²) in [5.41, 5.74) is 0.354. The van der Waals surface area contributed by atoms with E-state index in [4.69, 9.17) is 0 Å². The lowest BCUT2D eigenvalue weighted by Gasteiger charge is -2.25. The fourth-order valence-corrected chi connectivity index (χ4v) is 2.22. The van der Waals surface area contributed by atoms with Gasteiger partial charge in [-0.3, -0.25) is 14.8 Å². The molecule has 0 amide bonds. The van der Waals surface area contributed by atoms with Gasteiger partial charge in [-0.2, -0.15) is 5.10 Å². The van der Waals surface area contributed by atoms with Crippen molar-refractivity contribution in [1.82, 2.24) is 9.78 Å². The molecule has 108 valence electrons. The first-order valence-electron chi connectivity index (χ1n) is 6.87. The van der Waals surface area contributed by atoms with Crippen LogP contribution in [0, 0.1) is 10.1 Å². The zero-order valence-corrected chi connectivity index (χ0v) is 12.1. The smallest absolute Gasteiger partial charge is 0.313 e. The number of hydrogen-bond acceptors (Lipinski definition) is 4. The fraction of sp³-hybridized carbons (Fsp3) is 0.769. The van der Waals surface area contributed by atoms with Crippen molar-refractivity contribution in [3.05, 3.63) is 21.5 Å². The zero-order valence-electron chi connectivity index (χ0n) is 12.1.